The Morgan fingerprint density at radius 1 is 0.569 bits per heavy atom. The Morgan fingerprint density at radius 2 is 1.17 bits per heavy atom. The van der Waals surface area contributed by atoms with Crippen molar-refractivity contribution in [1.82, 2.24) is 18.9 Å². The lowest BCUT2D eigenvalue weighted by Crippen LogP contribution is -2.04. The Morgan fingerprint density at radius 3 is 1.86 bits per heavy atom. The van der Waals surface area contributed by atoms with Gasteiger partial charge in [0.1, 0.15) is 0 Å². The number of fused-ring (bicyclic) bond motifs is 11. The van der Waals surface area contributed by atoms with Crippen molar-refractivity contribution in [2.45, 2.75) is 13.3 Å². The highest BCUT2D eigenvalue weighted by atomic mass is 15.2. The van der Waals surface area contributed by atoms with Crippen LogP contribution < -0.4 is 11.5 Å². The largest absolute Gasteiger partial charge is 0.405 e. The fourth-order valence-electron chi connectivity index (χ4n) is 8.30. The standard InChI is InChI=1S/C52H40N6/c1-2-3-18-44(54)35-25-27-37(28-26-35)46-33-45(36-23-21-34(22-24-36)13-5-4-12-29-53)55-52(56-46)58-48-20-11-9-17-42(48)43-32-49-38(31-51(43)58)30-50-41-16-7-6-14-39(41)40-15-8-10-19-47(40)57(49)50/h2-12,14-33H,13,53-54H2,1H3/b3-2-,5-4-,29-12-,44-18-. The molecule has 6 aromatic carbocycles. The first-order chi connectivity index (χ1) is 28.6. The number of para-hydroxylation sites is 2. The summed E-state index contributed by atoms with van der Waals surface area (Å²) in [5.41, 5.74) is 24.1. The highest BCUT2D eigenvalue weighted by Crippen LogP contribution is 2.39. The first-order valence-corrected chi connectivity index (χ1v) is 19.6. The van der Waals surface area contributed by atoms with Gasteiger partial charge in [-0.3, -0.25) is 4.57 Å². The van der Waals surface area contributed by atoms with Gasteiger partial charge in [-0.05, 0) is 84.6 Å². The molecule has 0 radical (unpaired) electrons. The van der Waals surface area contributed by atoms with Crippen molar-refractivity contribution in [2.24, 2.45) is 11.5 Å². The number of allylic oxidation sites excluding steroid dienone is 6. The molecule has 0 atom stereocenters. The van der Waals surface area contributed by atoms with E-state index in [1.165, 1.54) is 44.5 Å². The quantitative estimate of drug-likeness (QED) is 0.120. The minimum Gasteiger partial charge on any atom is -0.405 e. The van der Waals surface area contributed by atoms with Crippen LogP contribution >= 0.6 is 0 Å². The molecule has 0 saturated carbocycles. The number of rotatable bonds is 8. The summed E-state index contributed by atoms with van der Waals surface area (Å²) in [5.74, 6) is 0.606. The lowest BCUT2D eigenvalue weighted by molar-refractivity contribution is 0.996. The summed E-state index contributed by atoms with van der Waals surface area (Å²) in [6.45, 7) is 1.98. The van der Waals surface area contributed by atoms with Crippen LogP contribution in [0.4, 0.5) is 0 Å². The summed E-state index contributed by atoms with van der Waals surface area (Å²) in [5, 5.41) is 7.16. The molecule has 0 aliphatic heterocycles. The van der Waals surface area contributed by atoms with Gasteiger partial charge in [-0.1, -0.05) is 133 Å². The van der Waals surface area contributed by atoms with E-state index in [1.807, 2.05) is 37.3 Å². The molecule has 278 valence electrons. The van der Waals surface area contributed by atoms with Crippen LogP contribution in [0.5, 0.6) is 0 Å². The van der Waals surface area contributed by atoms with E-state index in [-0.39, 0.29) is 0 Å². The third-order valence-electron chi connectivity index (χ3n) is 11.1. The van der Waals surface area contributed by atoms with Crippen molar-refractivity contribution in [3.8, 4) is 28.5 Å². The molecule has 0 aliphatic rings. The second kappa shape index (κ2) is 14.4. The van der Waals surface area contributed by atoms with E-state index in [1.54, 1.807) is 0 Å². The molecule has 0 bridgehead atoms. The zero-order valence-corrected chi connectivity index (χ0v) is 32.0. The van der Waals surface area contributed by atoms with Crippen LogP contribution in [0.1, 0.15) is 18.1 Å². The molecule has 6 heteroatoms. The summed E-state index contributed by atoms with van der Waals surface area (Å²) in [4.78, 5) is 10.7. The maximum Gasteiger partial charge on any atom is 0.235 e. The molecule has 4 N–H and O–H groups in total. The minimum absolute atomic E-state index is 0.606. The van der Waals surface area contributed by atoms with Gasteiger partial charge in [0.2, 0.25) is 5.95 Å². The van der Waals surface area contributed by atoms with Gasteiger partial charge in [0.25, 0.3) is 0 Å². The number of hydrogen-bond acceptors (Lipinski definition) is 4. The molecule has 58 heavy (non-hydrogen) atoms. The highest BCUT2D eigenvalue weighted by Gasteiger charge is 2.20. The van der Waals surface area contributed by atoms with Crippen LogP contribution in [0, 0.1) is 0 Å². The Hall–Kier alpha value is -7.70. The molecule has 0 aliphatic carbocycles. The molecule has 6 nitrogen and oxygen atoms in total. The number of benzene rings is 6. The van der Waals surface area contributed by atoms with Gasteiger partial charge in [-0.25, -0.2) is 9.97 Å². The van der Waals surface area contributed by atoms with E-state index in [2.05, 4.69) is 161 Å². The van der Waals surface area contributed by atoms with Gasteiger partial charge in [-0.2, -0.15) is 0 Å². The van der Waals surface area contributed by atoms with Crippen LogP contribution in [0.25, 0.3) is 94.1 Å². The van der Waals surface area contributed by atoms with E-state index in [0.29, 0.717) is 11.6 Å². The Labute approximate surface area is 336 Å². The molecule has 0 amide bonds. The van der Waals surface area contributed by atoms with Crippen molar-refractivity contribution >= 4 is 65.6 Å². The van der Waals surface area contributed by atoms with Gasteiger partial charge in [-0.15, -0.1) is 0 Å². The summed E-state index contributed by atoms with van der Waals surface area (Å²) in [7, 11) is 0. The topological polar surface area (TPSA) is 87.2 Å². The maximum absolute atomic E-state index is 6.41. The third-order valence-corrected chi connectivity index (χ3v) is 11.1. The number of aromatic nitrogens is 4. The molecule has 0 saturated heterocycles. The average Bonchev–Trinajstić information content (AvgIpc) is 3.82. The van der Waals surface area contributed by atoms with Crippen LogP contribution in [-0.2, 0) is 6.42 Å². The van der Waals surface area contributed by atoms with E-state index in [9.17, 15) is 0 Å². The highest BCUT2D eigenvalue weighted by molar-refractivity contribution is 6.18. The molecular weight excluding hydrogens is 709 g/mol. The number of nitrogens with two attached hydrogens (primary N) is 2. The zero-order chi connectivity index (χ0) is 39.2. The normalized spacial score (nSPS) is 12.7. The van der Waals surface area contributed by atoms with Crippen molar-refractivity contribution in [1.29, 1.82) is 0 Å². The fourth-order valence-corrected chi connectivity index (χ4v) is 8.30. The van der Waals surface area contributed by atoms with Gasteiger partial charge in [0.05, 0.1) is 39.0 Å². The Balaban J connectivity index is 1.20. The van der Waals surface area contributed by atoms with E-state index in [0.717, 1.165) is 61.7 Å². The molecular formula is C52H40N6. The zero-order valence-electron chi connectivity index (χ0n) is 32.0. The lowest BCUT2D eigenvalue weighted by atomic mass is 10.0. The summed E-state index contributed by atoms with van der Waals surface area (Å²) < 4.78 is 4.65. The first kappa shape index (κ1) is 34.8. The summed E-state index contributed by atoms with van der Waals surface area (Å²) in [6.07, 6.45) is 14.1. The lowest BCUT2D eigenvalue weighted by Gasteiger charge is -2.12. The van der Waals surface area contributed by atoms with Gasteiger partial charge in [0.15, 0.2) is 0 Å². The molecule has 4 aromatic heterocycles. The summed E-state index contributed by atoms with van der Waals surface area (Å²) in [6, 6.07) is 51.9. The van der Waals surface area contributed by atoms with Crippen LogP contribution in [0.3, 0.4) is 0 Å². The second-order valence-electron chi connectivity index (χ2n) is 14.6. The van der Waals surface area contributed by atoms with Crippen LogP contribution in [-0.4, -0.2) is 18.9 Å². The number of nitrogens with zero attached hydrogens (tertiary/aromatic N) is 4. The first-order valence-electron chi connectivity index (χ1n) is 19.6. The molecule has 10 rings (SSSR count). The average molecular weight is 749 g/mol. The van der Waals surface area contributed by atoms with Gasteiger partial charge in [0, 0.05) is 43.8 Å². The van der Waals surface area contributed by atoms with E-state index < -0.39 is 0 Å². The van der Waals surface area contributed by atoms with E-state index in [4.69, 9.17) is 21.4 Å². The maximum atomic E-state index is 6.41. The van der Waals surface area contributed by atoms with Gasteiger partial charge >= 0.3 is 0 Å². The number of hydrogen-bond donors (Lipinski definition) is 2. The van der Waals surface area contributed by atoms with Gasteiger partial charge < -0.3 is 15.9 Å². The molecule has 0 spiro atoms. The molecule has 10 aromatic rings. The predicted molar refractivity (Wildman–Crippen MR) is 244 cm³/mol. The minimum atomic E-state index is 0.606. The number of pyridine rings is 1. The van der Waals surface area contributed by atoms with Crippen molar-refractivity contribution in [3.05, 3.63) is 199 Å². The Bertz CT molecular complexity index is 3320. The Kier molecular flexibility index (Phi) is 8.64. The van der Waals surface area contributed by atoms with Crippen molar-refractivity contribution < 1.29 is 0 Å². The van der Waals surface area contributed by atoms with Crippen LogP contribution in [0.2, 0.25) is 0 Å². The molecule has 0 unspecified atom stereocenters. The predicted octanol–water partition coefficient (Wildman–Crippen LogP) is 12.1. The monoisotopic (exact) mass is 748 g/mol. The second-order valence-corrected chi connectivity index (χ2v) is 14.6. The van der Waals surface area contributed by atoms with Crippen molar-refractivity contribution in [3.63, 3.8) is 0 Å². The fraction of sp³-hybridized carbons (Fsp3) is 0.0385. The third kappa shape index (κ3) is 5.90. The van der Waals surface area contributed by atoms with Crippen LogP contribution in [0.15, 0.2) is 188 Å². The molecule has 4 heterocycles. The van der Waals surface area contributed by atoms with Crippen molar-refractivity contribution in [2.75, 3.05) is 0 Å². The smallest absolute Gasteiger partial charge is 0.235 e. The SMILES string of the molecule is C/C=C\C=C(/N)c1ccc(-c2cc(-c3ccc(C/C=C\C=C/N)cc3)nc(-n3c4ccccc4c4cc5c(cc43)cc3c4ccccc4c4ccccc4n53)n2)cc1. The summed E-state index contributed by atoms with van der Waals surface area (Å²) >= 11 is 0. The molecule has 0 fully saturated rings. The van der Waals surface area contributed by atoms with E-state index >= 15 is 0 Å².